The van der Waals surface area contributed by atoms with Gasteiger partial charge in [-0.3, -0.25) is 10.3 Å². The van der Waals surface area contributed by atoms with E-state index in [0.717, 1.165) is 60.3 Å². The lowest BCUT2D eigenvalue weighted by Crippen LogP contribution is -2.41. The van der Waals surface area contributed by atoms with Gasteiger partial charge in [-0.25, -0.2) is 4.79 Å². The van der Waals surface area contributed by atoms with Crippen molar-refractivity contribution >= 4 is 54.9 Å². The zero-order valence-electron chi connectivity index (χ0n) is 17.6. The molecule has 1 atom stereocenters. The molecule has 1 amide bonds. The highest BCUT2D eigenvalue weighted by Crippen LogP contribution is 2.46. The van der Waals surface area contributed by atoms with Crippen LogP contribution in [-0.4, -0.2) is 29.8 Å². The number of alkyl halides is 3. The Bertz CT molecular complexity index is 804. The summed E-state index contributed by atoms with van der Waals surface area (Å²) >= 11 is 17.1. The average Bonchev–Trinajstić information content (AvgIpc) is 3.18. The normalized spacial score (nSPS) is 19.1. The quantitative estimate of drug-likeness (QED) is 0.395. The van der Waals surface area contributed by atoms with E-state index in [1.54, 1.807) is 0 Å². The van der Waals surface area contributed by atoms with Crippen LogP contribution in [0.15, 0.2) is 0 Å². The van der Waals surface area contributed by atoms with Gasteiger partial charge in [0, 0.05) is 11.3 Å². The molecule has 0 aromatic carbocycles. The van der Waals surface area contributed by atoms with Gasteiger partial charge in [-0.1, -0.05) is 55.6 Å². The Balaban J connectivity index is 1.87. The molecule has 29 heavy (non-hydrogen) atoms. The lowest BCUT2D eigenvalue weighted by Gasteiger charge is -2.38. The molecule has 1 N–H and O–H groups in total. The predicted octanol–water partition coefficient (Wildman–Crippen LogP) is 6.50. The van der Waals surface area contributed by atoms with E-state index < -0.39 is 18.2 Å². The smallest absolute Gasteiger partial charge is 0.411 e. The molecular formula is C20H29Cl3N2O3Si. The maximum Gasteiger partial charge on any atom is 0.411 e. The number of aromatic nitrogens is 1. The summed E-state index contributed by atoms with van der Waals surface area (Å²) in [6.45, 7) is 10.9. The second-order valence-electron chi connectivity index (χ2n) is 9.35. The van der Waals surface area contributed by atoms with Crippen LogP contribution in [-0.2, 0) is 28.4 Å². The maximum absolute atomic E-state index is 12.3. The zero-order valence-corrected chi connectivity index (χ0v) is 20.9. The molecule has 9 heteroatoms. The van der Waals surface area contributed by atoms with E-state index >= 15 is 0 Å². The van der Waals surface area contributed by atoms with Crippen LogP contribution >= 0.6 is 34.8 Å². The van der Waals surface area contributed by atoms with Crippen molar-refractivity contribution in [2.45, 2.75) is 80.9 Å². The number of fused-ring (bicyclic) bond motifs is 2. The fourth-order valence-corrected chi connectivity index (χ4v) is 5.12. The molecule has 3 rings (SSSR count). The SMILES string of the molecule is CC(C)(C)[Si](C)(C)OC1CCc2c1nc1c(c2NC(=O)OCC(Cl)(Cl)Cl)CCC1. The number of rotatable bonds is 4. The van der Waals surface area contributed by atoms with Crippen LogP contribution < -0.4 is 5.32 Å². The fourth-order valence-electron chi connectivity index (χ4n) is 3.66. The highest BCUT2D eigenvalue weighted by molar-refractivity contribution is 6.74. The molecule has 162 valence electrons. The van der Waals surface area contributed by atoms with Crippen molar-refractivity contribution in [3.8, 4) is 0 Å². The minimum atomic E-state index is -1.94. The first-order valence-electron chi connectivity index (χ1n) is 10.0. The number of halogens is 3. The number of hydrogen-bond acceptors (Lipinski definition) is 4. The second-order valence-corrected chi connectivity index (χ2v) is 16.6. The van der Waals surface area contributed by atoms with Gasteiger partial charge in [-0.05, 0) is 55.8 Å². The molecule has 1 unspecified atom stereocenters. The van der Waals surface area contributed by atoms with Crippen molar-refractivity contribution < 1.29 is 14.0 Å². The number of ether oxygens (including phenoxy) is 1. The summed E-state index contributed by atoms with van der Waals surface area (Å²) in [6, 6.07) is 0. The van der Waals surface area contributed by atoms with Crippen LogP contribution in [0.1, 0.15) is 62.2 Å². The van der Waals surface area contributed by atoms with Crippen molar-refractivity contribution in [1.82, 2.24) is 4.98 Å². The molecular weight excluding hydrogens is 451 g/mol. The van der Waals surface area contributed by atoms with Crippen LogP contribution in [0.5, 0.6) is 0 Å². The van der Waals surface area contributed by atoms with Crippen molar-refractivity contribution in [2.75, 3.05) is 11.9 Å². The van der Waals surface area contributed by atoms with Gasteiger partial charge in [0.2, 0.25) is 3.79 Å². The van der Waals surface area contributed by atoms with E-state index in [2.05, 4.69) is 39.2 Å². The Hall–Kier alpha value is -0.533. The first-order valence-corrected chi connectivity index (χ1v) is 14.1. The summed E-state index contributed by atoms with van der Waals surface area (Å²) < 4.78 is 10.1. The van der Waals surface area contributed by atoms with E-state index in [4.69, 9.17) is 48.9 Å². The second kappa shape index (κ2) is 8.19. The molecule has 1 heterocycles. The number of amides is 1. The number of carbonyl (C=O) groups is 1. The van der Waals surface area contributed by atoms with Crippen molar-refractivity contribution in [3.05, 3.63) is 22.5 Å². The Morgan fingerprint density at radius 2 is 1.86 bits per heavy atom. The Morgan fingerprint density at radius 3 is 2.48 bits per heavy atom. The number of pyridine rings is 1. The molecule has 0 saturated carbocycles. The van der Waals surface area contributed by atoms with Gasteiger partial charge in [0.1, 0.15) is 6.61 Å². The van der Waals surface area contributed by atoms with Gasteiger partial charge >= 0.3 is 6.09 Å². The van der Waals surface area contributed by atoms with Gasteiger partial charge in [0.15, 0.2) is 8.32 Å². The summed E-state index contributed by atoms with van der Waals surface area (Å²) in [5, 5.41) is 3.03. The zero-order chi connectivity index (χ0) is 21.6. The summed E-state index contributed by atoms with van der Waals surface area (Å²) in [5.41, 5.74) is 4.99. The Labute approximate surface area is 188 Å². The van der Waals surface area contributed by atoms with Crippen molar-refractivity contribution in [1.29, 1.82) is 0 Å². The number of carbonyl (C=O) groups excluding carboxylic acids is 1. The fraction of sp³-hybridized carbons (Fsp3) is 0.700. The molecule has 1 aromatic heterocycles. The van der Waals surface area contributed by atoms with Gasteiger partial charge in [-0.15, -0.1) is 0 Å². The van der Waals surface area contributed by atoms with Crippen LogP contribution in [0.25, 0.3) is 0 Å². The minimum absolute atomic E-state index is 0.0328. The largest absolute Gasteiger partial charge is 0.445 e. The number of anilines is 1. The highest BCUT2D eigenvalue weighted by Gasteiger charge is 2.42. The third-order valence-corrected chi connectivity index (χ3v) is 11.0. The summed E-state index contributed by atoms with van der Waals surface area (Å²) in [6.07, 6.45) is 3.86. The molecule has 0 radical (unpaired) electrons. The Morgan fingerprint density at radius 1 is 1.17 bits per heavy atom. The predicted molar refractivity (Wildman–Crippen MR) is 121 cm³/mol. The molecule has 0 fully saturated rings. The monoisotopic (exact) mass is 478 g/mol. The van der Waals surface area contributed by atoms with Gasteiger partial charge < -0.3 is 9.16 Å². The molecule has 5 nitrogen and oxygen atoms in total. The van der Waals surface area contributed by atoms with E-state index in [1.165, 1.54) is 0 Å². The summed E-state index contributed by atoms with van der Waals surface area (Å²) in [4.78, 5) is 17.3. The van der Waals surface area contributed by atoms with Crippen LogP contribution in [0.3, 0.4) is 0 Å². The third kappa shape index (κ3) is 5.21. The molecule has 0 saturated heterocycles. The summed E-state index contributed by atoms with van der Waals surface area (Å²) in [5.74, 6) is 0. The topological polar surface area (TPSA) is 60.5 Å². The Kier molecular flexibility index (Phi) is 6.53. The van der Waals surface area contributed by atoms with Crippen LogP contribution in [0.2, 0.25) is 18.1 Å². The molecule has 0 aliphatic heterocycles. The number of nitrogens with one attached hydrogen (secondary N) is 1. The molecule has 1 aromatic rings. The third-order valence-electron chi connectivity index (χ3n) is 6.16. The first kappa shape index (κ1) is 23.1. The lowest BCUT2D eigenvalue weighted by atomic mass is 10.1. The van der Waals surface area contributed by atoms with Crippen molar-refractivity contribution in [3.63, 3.8) is 0 Å². The molecule has 0 bridgehead atoms. The van der Waals surface area contributed by atoms with Gasteiger partial charge in [0.25, 0.3) is 0 Å². The lowest BCUT2D eigenvalue weighted by molar-refractivity contribution is 0.164. The maximum atomic E-state index is 12.3. The number of nitrogens with zero attached hydrogens (tertiary/aromatic N) is 1. The molecule has 2 aliphatic rings. The van der Waals surface area contributed by atoms with Crippen LogP contribution in [0, 0.1) is 0 Å². The standard InChI is InChI=1S/C20H29Cl3N2O3Si/c1-19(2,3)29(4,5)28-15-10-9-13-16(25-18(26)27-11-20(21,22)23)12-7-6-8-14(12)24-17(13)15/h15H,6-11H2,1-5H3,(H,24,25,26). The van der Waals surface area contributed by atoms with E-state index in [9.17, 15) is 4.79 Å². The van der Waals surface area contributed by atoms with Crippen LogP contribution in [0.4, 0.5) is 10.5 Å². The van der Waals surface area contributed by atoms with E-state index in [-0.39, 0.29) is 17.7 Å². The van der Waals surface area contributed by atoms with E-state index in [1.807, 2.05) is 0 Å². The van der Waals surface area contributed by atoms with Gasteiger partial charge in [0.05, 0.1) is 17.5 Å². The highest BCUT2D eigenvalue weighted by atomic mass is 35.6. The minimum Gasteiger partial charge on any atom is -0.445 e. The first-order chi connectivity index (χ1) is 13.3. The van der Waals surface area contributed by atoms with Crippen molar-refractivity contribution in [2.24, 2.45) is 0 Å². The summed E-state index contributed by atoms with van der Waals surface area (Å²) in [7, 11) is -1.94. The number of aryl methyl sites for hydroxylation is 1. The number of hydrogen-bond donors (Lipinski definition) is 1. The van der Waals surface area contributed by atoms with Gasteiger partial charge in [-0.2, -0.15) is 0 Å². The molecule has 2 aliphatic carbocycles. The molecule has 0 spiro atoms. The average molecular weight is 480 g/mol. The van der Waals surface area contributed by atoms with E-state index in [0.29, 0.717) is 0 Å².